The number of hydrogen-bond acceptors (Lipinski definition) is 6. The molecular weight excluding hydrogens is 478 g/mol. The highest BCUT2D eigenvalue weighted by Crippen LogP contribution is 2.27. The topological polar surface area (TPSA) is 134 Å². The Morgan fingerprint density at radius 2 is 1.71 bits per heavy atom. The minimum Gasteiger partial charge on any atom is -0.381 e. The number of nitrogen functional groups attached to an aromatic ring is 1. The summed E-state index contributed by atoms with van der Waals surface area (Å²) in [5.74, 6) is -0.516. The maximum atomic E-state index is 13.5. The van der Waals surface area contributed by atoms with Gasteiger partial charge in [-0.1, -0.05) is 43.3 Å². The van der Waals surface area contributed by atoms with E-state index in [9.17, 15) is 9.59 Å². The molecular formula is C29H25N7O2. The van der Waals surface area contributed by atoms with Crippen LogP contribution in [0.25, 0.3) is 33.2 Å². The molecule has 0 atom stereocenters. The number of aryl methyl sites for hydroxylation is 1. The van der Waals surface area contributed by atoms with Gasteiger partial charge in [-0.15, -0.1) is 5.10 Å². The Morgan fingerprint density at radius 1 is 0.947 bits per heavy atom. The van der Waals surface area contributed by atoms with Crippen molar-refractivity contribution in [2.24, 2.45) is 5.73 Å². The fraction of sp³-hybridized carbons (Fsp3) is 0.0690. The molecule has 0 spiro atoms. The standard InChI is InChI=1S/C22H18N2O.C7H7N5O/c1-2-18-15-17-7-6-10-20(16-11-13-23-14-12-16)21(17)22(25)24(18)19-8-4-3-5-9-19;8-5-4(6(9)13)7-10-2-1-3-12(7)11-5/h3-15H,2H2,1H3;1-3H,(H2,8,11)(H2,9,13). The molecule has 6 rings (SSSR count). The van der Waals surface area contributed by atoms with Crippen LogP contribution in [0.2, 0.25) is 0 Å². The Bertz CT molecular complexity index is 1810. The molecule has 9 heteroatoms. The highest BCUT2D eigenvalue weighted by Gasteiger charge is 2.16. The molecule has 0 bridgehead atoms. The zero-order valence-corrected chi connectivity index (χ0v) is 20.7. The van der Waals surface area contributed by atoms with E-state index in [1.54, 1.807) is 30.9 Å². The van der Waals surface area contributed by atoms with Crippen LogP contribution >= 0.6 is 0 Å². The first-order chi connectivity index (χ1) is 18.5. The molecule has 0 aliphatic carbocycles. The minimum absolute atomic E-state index is 0.0213. The number of anilines is 1. The maximum Gasteiger partial charge on any atom is 0.263 e. The van der Waals surface area contributed by atoms with Gasteiger partial charge in [0.15, 0.2) is 11.5 Å². The second-order valence-corrected chi connectivity index (χ2v) is 8.48. The van der Waals surface area contributed by atoms with Crippen molar-refractivity contribution in [2.45, 2.75) is 13.3 Å². The first-order valence-electron chi connectivity index (χ1n) is 12.0. The fourth-order valence-corrected chi connectivity index (χ4v) is 4.45. The van der Waals surface area contributed by atoms with E-state index < -0.39 is 5.91 Å². The van der Waals surface area contributed by atoms with E-state index in [-0.39, 0.29) is 16.9 Å². The number of carbonyl (C=O) groups is 1. The molecule has 0 fully saturated rings. The van der Waals surface area contributed by atoms with Crippen molar-refractivity contribution in [3.8, 4) is 16.8 Å². The van der Waals surface area contributed by atoms with Gasteiger partial charge in [-0.25, -0.2) is 9.50 Å². The third-order valence-corrected chi connectivity index (χ3v) is 6.16. The van der Waals surface area contributed by atoms with E-state index in [0.717, 1.165) is 39.7 Å². The van der Waals surface area contributed by atoms with Gasteiger partial charge in [0.1, 0.15) is 5.56 Å². The van der Waals surface area contributed by atoms with Crippen molar-refractivity contribution in [3.63, 3.8) is 0 Å². The number of aromatic nitrogens is 5. The molecule has 188 valence electrons. The summed E-state index contributed by atoms with van der Waals surface area (Å²) in [6.07, 6.45) is 7.49. The van der Waals surface area contributed by atoms with Crippen molar-refractivity contribution < 1.29 is 4.79 Å². The Kier molecular flexibility index (Phi) is 6.65. The van der Waals surface area contributed by atoms with Crippen LogP contribution in [-0.2, 0) is 6.42 Å². The number of rotatable bonds is 4. The van der Waals surface area contributed by atoms with Crippen LogP contribution in [-0.4, -0.2) is 30.1 Å². The van der Waals surface area contributed by atoms with Crippen LogP contribution in [0, 0.1) is 0 Å². The first-order valence-corrected chi connectivity index (χ1v) is 12.0. The molecule has 1 amide bonds. The lowest BCUT2D eigenvalue weighted by Crippen LogP contribution is -2.22. The van der Waals surface area contributed by atoms with E-state index in [4.69, 9.17) is 11.5 Å². The summed E-state index contributed by atoms with van der Waals surface area (Å²) in [7, 11) is 0. The summed E-state index contributed by atoms with van der Waals surface area (Å²) in [5.41, 5.74) is 15.0. The molecule has 38 heavy (non-hydrogen) atoms. The van der Waals surface area contributed by atoms with Gasteiger partial charge in [0.2, 0.25) is 0 Å². The summed E-state index contributed by atoms with van der Waals surface area (Å²) >= 11 is 0. The van der Waals surface area contributed by atoms with Crippen molar-refractivity contribution in [3.05, 3.63) is 119 Å². The van der Waals surface area contributed by atoms with Gasteiger partial charge < -0.3 is 11.5 Å². The number of hydrogen-bond donors (Lipinski definition) is 2. The van der Waals surface area contributed by atoms with Gasteiger partial charge in [-0.2, -0.15) is 0 Å². The highest BCUT2D eigenvalue weighted by atomic mass is 16.1. The van der Waals surface area contributed by atoms with Crippen molar-refractivity contribution in [1.29, 1.82) is 0 Å². The molecule has 0 aliphatic rings. The second-order valence-electron chi connectivity index (χ2n) is 8.48. The molecule has 9 nitrogen and oxygen atoms in total. The minimum atomic E-state index is -0.619. The summed E-state index contributed by atoms with van der Waals surface area (Å²) < 4.78 is 3.24. The van der Waals surface area contributed by atoms with Crippen LogP contribution in [0.15, 0.2) is 102 Å². The molecule has 0 saturated carbocycles. The Hall–Kier alpha value is -5.31. The average molecular weight is 504 g/mol. The summed E-state index contributed by atoms with van der Waals surface area (Å²) in [6.45, 7) is 2.08. The zero-order valence-electron chi connectivity index (χ0n) is 20.7. The number of para-hydroxylation sites is 1. The lowest BCUT2D eigenvalue weighted by atomic mass is 9.99. The van der Waals surface area contributed by atoms with Gasteiger partial charge in [-0.05, 0) is 59.3 Å². The summed E-state index contributed by atoms with van der Waals surface area (Å²) in [4.78, 5) is 32.4. The van der Waals surface area contributed by atoms with Crippen molar-refractivity contribution in [2.75, 3.05) is 5.73 Å². The molecule has 4 N–H and O–H groups in total. The molecule has 2 aromatic carbocycles. The molecule has 4 heterocycles. The van der Waals surface area contributed by atoms with Gasteiger partial charge >= 0.3 is 0 Å². The largest absolute Gasteiger partial charge is 0.381 e. The van der Waals surface area contributed by atoms with Crippen LogP contribution in [0.3, 0.4) is 0 Å². The smallest absolute Gasteiger partial charge is 0.263 e. The van der Waals surface area contributed by atoms with E-state index in [1.165, 1.54) is 4.52 Å². The number of amides is 1. The van der Waals surface area contributed by atoms with Crippen LogP contribution < -0.4 is 17.0 Å². The third kappa shape index (κ3) is 4.48. The predicted octanol–water partition coefficient (Wildman–Crippen LogP) is 4.03. The molecule has 0 saturated heterocycles. The SMILES string of the molecule is CCc1cc2cccc(-c3ccncc3)c2c(=O)n1-c1ccccc1.NC(=O)c1c(N)nn2cccnc12. The average Bonchev–Trinajstić information content (AvgIpc) is 3.29. The van der Waals surface area contributed by atoms with E-state index in [1.807, 2.05) is 65.2 Å². The van der Waals surface area contributed by atoms with Gasteiger partial charge in [0.25, 0.3) is 11.5 Å². The van der Waals surface area contributed by atoms with E-state index in [2.05, 4.69) is 28.1 Å². The van der Waals surface area contributed by atoms with Crippen LogP contribution in [0.4, 0.5) is 5.82 Å². The normalized spacial score (nSPS) is 10.8. The van der Waals surface area contributed by atoms with E-state index in [0.29, 0.717) is 5.65 Å². The number of nitrogens with zero attached hydrogens (tertiary/aromatic N) is 5. The monoisotopic (exact) mass is 503 g/mol. The Labute approximate surface area is 218 Å². The number of benzene rings is 2. The van der Waals surface area contributed by atoms with E-state index >= 15 is 0 Å². The highest BCUT2D eigenvalue weighted by molar-refractivity contribution is 6.03. The van der Waals surface area contributed by atoms with Crippen molar-refractivity contribution >= 4 is 28.1 Å². The molecule has 6 aromatic rings. The number of carbonyl (C=O) groups excluding carboxylic acids is 1. The maximum absolute atomic E-state index is 13.5. The van der Waals surface area contributed by atoms with Gasteiger partial charge in [0.05, 0.1) is 5.39 Å². The van der Waals surface area contributed by atoms with Crippen molar-refractivity contribution in [1.82, 2.24) is 24.1 Å². The predicted molar refractivity (Wildman–Crippen MR) is 148 cm³/mol. The molecule has 0 aliphatic heterocycles. The molecule has 0 unspecified atom stereocenters. The zero-order chi connectivity index (χ0) is 26.6. The number of fused-ring (bicyclic) bond motifs is 2. The lowest BCUT2D eigenvalue weighted by molar-refractivity contribution is 0.100. The number of pyridine rings is 2. The van der Waals surface area contributed by atoms with Crippen LogP contribution in [0.1, 0.15) is 23.0 Å². The quantitative estimate of drug-likeness (QED) is 0.373. The summed E-state index contributed by atoms with van der Waals surface area (Å²) in [6, 6.07) is 23.5. The lowest BCUT2D eigenvalue weighted by Gasteiger charge is -2.15. The van der Waals surface area contributed by atoms with Gasteiger partial charge in [0, 0.05) is 36.2 Å². The third-order valence-electron chi connectivity index (χ3n) is 6.16. The summed E-state index contributed by atoms with van der Waals surface area (Å²) in [5, 5.41) is 5.59. The Morgan fingerprint density at radius 3 is 2.42 bits per heavy atom. The number of primary amides is 1. The Balaban J connectivity index is 0.000000190. The number of nitrogens with two attached hydrogens (primary N) is 2. The van der Waals surface area contributed by atoms with Crippen LogP contribution in [0.5, 0.6) is 0 Å². The van der Waals surface area contributed by atoms with Gasteiger partial charge in [-0.3, -0.25) is 19.1 Å². The molecule has 0 radical (unpaired) electrons. The first kappa shape index (κ1) is 24.4. The second kappa shape index (κ2) is 10.4. The fourth-order valence-electron chi connectivity index (χ4n) is 4.45. The molecule has 4 aromatic heterocycles.